The minimum Gasteiger partial charge on any atom is -0.384 e. The van der Waals surface area contributed by atoms with Gasteiger partial charge >= 0.3 is 0 Å². The molecule has 146 valence electrons. The lowest BCUT2D eigenvalue weighted by atomic mass is 9.90. The van der Waals surface area contributed by atoms with E-state index in [2.05, 4.69) is 29.2 Å². The minimum atomic E-state index is 0. The fraction of sp³-hybridized carbons (Fsp3) is 0.273. The number of nitrogens with one attached hydrogen (secondary N) is 2. The number of carbonyl (C=O) groups is 1. The highest BCUT2D eigenvalue weighted by molar-refractivity contribution is 6.02. The van der Waals surface area contributed by atoms with Crippen molar-refractivity contribution in [1.29, 1.82) is 5.41 Å². The molecule has 2 aromatic carbocycles. The lowest BCUT2D eigenvalue weighted by Gasteiger charge is -2.31. The molecule has 4 N–H and O–H groups in total. The number of aromatic amines is 1. The number of hydrogen-bond donors (Lipinski definition) is 3. The van der Waals surface area contributed by atoms with E-state index in [9.17, 15) is 4.79 Å². The Balaban J connectivity index is 0.00000225. The van der Waals surface area contributed by atoms with Crippen LogP contribution in [0.2, 0.25) is 0 Å². The van der Waals surface area contributed by atoms with Crippen molar-refractivity contribution in [3.05, 3.63) is 71.4 Å². The number of amidine groups is 1. The van der Waals surface area contributed by atoms with E-state index in [4.69, 9.17) is 11.1 Å². The molecule has 1 amide bonds. The predicted octanol–water partition coefficient (Wildman–Crippen LogP) is 3.97. The normalized spacial score (nSPS) is 14.6. The van der Waals surface area contributed by atoms with Crippen LogP contribution in [0.1, 0.15) is 34.5 Å². The second kappa shape index (κ2) is 8.48. The third-order valence-electron chi connectivity index (χ3n) is 5.43. The van der Waals surface area contributed by atoms with Crippen LogP contribution in [0.15, 0.2) is 54.6 Å². The predicted molar refractivity (Wildman–Crippen MR) is 115 cm³/mol. The van der Waals surface area contributed by atoms with Crippen molar-refractivity contribution in [3.63, 3.8) is 0 Å². The minimum absolute atomic E-state index is 0. The Morgan fingerprint density at radius 1 is 1.11 bits per heavy atom. The molecule has 0 unspecified atom stereocenters. The summed E-state index contributed by atoms with van der Waals surface area (Å²) in [6.07, 6.45) is 3.16. The fourth-order valence-electron chi connectivity index (χ4n) is 3.87. The van der Waals surface area contributed by atoms with Crippen LogP contribution in [0.5, 0.6) is 0 Å². The number of carbonyl (C=O) groups excluding carboxylic acids is 1. The van der Waals surface area contributed by atoms with Gasteiger partial charge in [-0.1, -0.05) is 30.3 Å². The first-order valence-corrected chi connectivity index (χ1v) is 9.40. The monoisotopic (exact) mass is 396 g/mol. The number of nitrogens with two attached hydrogens (primary N) is 1. The highest BCUT2D eigenvalue weighted by atomic mass is 35.5. The van der Waals surface area contributed by atoms with Gasteiger partial charge in [0.15, 0.2) is 0 Å². The summed E-state index contributed by atoms with van der Waals surface area (Å²) in [6, 6.07) is 17.9. The molecule has 0 atom stereocenters. The van der Waals surface area contributed by atoms with E-state index in [0.717, 1.165) is 43.3 Å². The van der Waals surface area contributed by atoms with Crippen molar-refractivity contribution in [2.75, 3.05) is 13.1 Å². The summed E-state index contributed by atoms with van der Waals surface area (Å²) in [7, 11) is 0. The number of likely N-dealkylation sites (tertiary alicyclic amines) is 1. The molecule has 0 saturated carbocycles. The van der Waals surface area contributed by atoms with Crippen molar-refractivity contribution in [2.24, 2.45) is 11.7 Å². The molecule has 1 fully saturated rings. The highest BCUT2D eigenvalue weighted by Gasteiger charge is 2.24. The zero-order chi connectivity index (χ0) is 18.8. The Labute approximate surface area is 170 Å². The van der Waals surface area contributed by atoms with E-state index < -0.39 is 0 Å². The van der Waals surface area contributed by atoms with Crippen LogP contribution in [0.25, 0.3) is 10.9 Å². The highest BCUT2D eigenvalue weighted by Crippen LogP contribution is 2.24. The summed E-state index contributed by atoms with van der Waals surface area (Å²) >= 11 is 0. The lowest BCUT2D eigenvalue weighted by Crippen LogP contribution is -2.39. The number of aromatic nitrogens is 1. The van der Waals surface area contributed by atoms with E-state index in [0.29, 0.717) is 17.2 Å². The second-order valence-electron chi connectivity index (χ2n) is 7.32. The van der Waals surface area contributed by atoms with Gasteiger partial charge in [-0.15, -0.1) is 12.4 Å². The zero-order valence-corrected chi connectivity index (χ0v) is 16.5. The smallest absolute Gasteiger partial charge is 0.270 e. The molecule has 4 rings (SSSR count). The van der Waals surface area contributed by atoms with Gasteiger partial charge in [0.2, 0.25) is 0 Å². The molecule has 0 radical (unpaired) electrons. The average molecular weight is 397 g/mol. The molecular weight excluding hydrogens is 372 g/mol. The molecule has 6 heteroatoms. The standard InChI is InChI=1S/C22H24N4O.ClH/c23-21(24)17-6-7-19-18(13-17)14-20(25-19)22(27)26-10-8-16(9-11-26)12-15-4-2-1-3-5-15;/h1-7,13-14,16,25H,8-12H2,(H3,23,24);1H. The van der Waals surface area contributed by atoms with Crippen molar-refractivity contribution >= 4 is 35.1 Å². The summed E-state index contributed by atoms with van der Waals surface area (Å²) in [5.74, 6) is 0.720. The van der Waals surface area contributed by atoms with Crippen molar-refractivity contribution in [2.45, 2.75) is 19.3 Å². The molecule has 0 spiro atoms. The van der Waals surface area contributed by atoms with Crippen LogP contribution in [0.4, 0.5) is 0 Å². The number of H-pyrrole nitrogens is 1. The molecule has 28 heavy (non-hydrogen) atoms. The number of amides is 1. The Morgan fingerprint density at radius 2 is 1.82 bits per heavy atom. The van der Waals surface area contributed by atoms with Crippen LogP contribution in [0.3, 0.4) is 0 Å². The molecule has 1 aliphatic rings. The van der Waals surface area contributed by atoms with Gasteiger partial charge in [0.25, 0.3) is 5.91 Å². The molecule has 2 heterocycles. The molecule has 1 saturated heterocycles. The van der Waals surface area contributed by atoms with E-state index in [-0.39, 0.29) is 24.1 Å². The quantitative estimate of drug-likeness (QED) is 0.460. The Bertz CT molecular complexity index is 975. The first kappa shape index (κ1) is 20.0. The first-order chi connectivity index (χ1) is 13.1. The third-order valence-corrected chi connectivity index (χ3v) is 5.43. The summed E-state index contributed by atoms with van der Waals surface area (Å²) in [5.41, 5.74) is 9.09. The summed E-state index contributed by atoms with van der Waals surface area (Å²) < 4.78 is 0. The van der Waals surface area contributed by atoms with Gasteiger partial charge in [-0.25, -0.2) is 0 Å². The van der Waals surface area contributed by atoms with Crippen LogP contribution >= 0.6 is 12.4 Å². The Morgan fingerprint density at radius 3 is 2.50 bits per heavy atom. The summed E-state index contributed by atoms with van der Waals surface area (Å²) in [6.45, 7) is 1.59. The summed E-state index contributed by atoms with van der Waals surface area (Å²) in [4.78, 5) is 18.0. The number of halogens is 1. The van der Waals surface area contributed by atoms with Crippen molar-refractivity contribution in [3.8, 4) is 0 Å². The SMILES string of the molecule is Cl.N=C(N)c1ccc2[nH]c(C(=O)N3CCC(Cc4ccccc4)CC3)cc2c1. The Hall–Kier alpha value is -2.79. The topological polar surface area (TPSA) is 86.0 Å². The van der Waals surface area contributed by atoms with Gasteiger partial charge in [0.05, 0.1) is 0 Å². The average Bonchev–Trinajstić information content (AvgIpc) is 3.12. The van der Waals surface area contributed by atoms with Gasteiger partial charge in [-0.05, 0) is 55.0 Å². The second-order valence-corrected chi connectivity index (χ2v) is 7.32. The molecule has 5 nitrogen and oxygen atoms in total. The number of fused-ring (bicyclic) bond motifs is 1. The van der Waals surface area contributed by atoms with Crippen LogP contribution in [0, 0.1) is 11.3 Å². The number of nitrogen functional groups attached to an aromatic ring is 1. The molecule has 0 bridgehead atoms. The van der Waals surface area contributed by atoms with Gasteiger partial charge < -0.3 is 15.6 Å². The van der Waals surface area contributed by atoms with E-state index in [1.165, 1.54) is 5.56 Å². The lowest BCUT2D eigenvalue weighted by molar-refractivity contribution is 0.0685. The molecule has 3 aromatic rings. The molecule has 1 aromatic heterocycles. The van der Waals surface area contributed by atoms with Gasteiger partial charge in [0.1, 0.15) is 11.5 Å². The zero-order valence-electron chi connectivity index (χ0n) is 15.7. The number of benzene rings is 2. The fourth-order valence-corrected chi connectivity index (χ4v) is 3.87. The number of hydrogen-bond acceptors (Lipinski definition) is 2. The van der Waals surface area contributed by atoms with Crippen LogP contribution in [-0.4, -0.2) is 34.7 Å². The number of nitrogens with zero attached hydrogens (tertiary/aromatic N) is 1. The maximum absolute atomic E-state index is 12.9. The van der Waals surface area contributed by atoms with Crippen LogP contribution in [-0.2, 0) is 6.42 Å². The van der Waals surface area contributed by atoms with Crippen molar-refractivity contribution in [1.82, 2.24) is 9.88 Å². The molecule has 0 aliphatic carbocycles. The van der Waals surface area contributed by atoms with E-state index in [1.807, 2.05) is 29.2 Å². The largest absolute Gasteiger partial charge is 0.384 e. The number of piperidine rings is 1. The maximum Gasteiger partial charge on any atom is 0.270 e. The van der Waals surface area contributed by atoms with Gasteiger partial charge in [0, 0.05) is 29.6 Å². The summed E-state index contributed by atoms with van der Waals surface area (Å²) in [5, 5.41) is 8.46. The molecular formula is C22H25ClN4O. The van der Waals surface area contributed by atoms with Crippen LogP contribution < -0.4 is 5.73 Å². The van der Waals surface area contributed by atoms with Gasteiger partial charge in [-0.3, -0.25) is 10.2 Å². The van der Waals surface area contributed by atoms with E-state index in [1.54, 1.807) is 6.07 Å². The Kier molecular flexibility index (Phi) is 6.05. The molecule has 1 aliphatic heterocycles. The van der Waals surface area contributed by atoms with Crippen molar-refractivity contribution < 1.29 is 4.79 Å². The first-order valence-electron chi connectivity index (χ1n) is 9.40. The van der Waals surface area contributed by atoms with E-state index >= 15 is 0 Å². The third kappa shape index (κ3) is 4.20. The maximum atomic E-state index is 12.9. The number of rotatable bonds is 4. The van der Waals surface area contributed by atoms with Gasteiger partial charge in [-0.2, -0.15) is 0 Å².